The number of hydrogen-bond acceptors (Lipinski definition) is 3. The summed E-state index contributed by atoms with van der Waals surface area (Å²) in [4.78, 5) is 17.1. The average molecular weight is 260 g/mol. The molecule has 3 heteroatoms. The van der Waals surface area contributed by atoms with Crippen LogP contribution in [0.1, 0.15) is 29.8 Å². The predicted molar refractivity (Wildman–Crippen MR) is 78.6 cm³/mol. The predicted octanol–water partition coefficient (Wildman–Crippen LogP) is 2.20. The van der Waals surface area contributed by atoms with Crippen LogP contribution in [0, 0.1) is 6.92 Å². The Morgan fingerprint density at radius 1 is 1.26 bits per heavy atom. The topological polar surface area (TPSA) is 23.6 Å². The molecule has 1 heterocycles. The summed E-state index contributed by atoms with van der Waals surface area (Å²) in [6.45, 7) is 9.26. The van der Waals surface area contributed by atoms with Crippen LogP contribution in [0.4, 0.5) is 0 Å². The van der Waals surface area contributed by atoms with E-state index in [0.29, 0.717) is 6.04 Å². The van der Waals surface area contributed by atoms with Crippen molar-refractivity contribution in [3.63, 3.8) is 0 Å². The van der Waals surface area contributed by atoms with E-state index in [1.54, 1.807) is 0 Å². The van der Waals surface area contributed by atoms with Crippen molar-refractivity contribution in [2.45, 2.75) is 32.9 Å². The molecule has 19 heavy (non-hydrogen) atoms. The molecule has 104 valence electrons. The number of aryl methyl sites for hydroxylation is 1. The standard InChI is InChI=1S/C16H24N2O/c1-12-5-7-15(8-6-12)16(19)14(3)18-10-9-17(4)13(2)11-18/h5-8,13-14H,9-11H2,1-4H3. The number of carbonyl (C=O) groups excluding carboxylic acids is 1. The van der Waals surface area contributed by atoms with Crippen LogP contribution in [0.25, 0.3) is 0 Å². The van der Waals surface area contributed by atoms with Crippen LogP contribution in [0.2, 0.25) is 0 Å². The highest BCUT2D eigenvalue weighted by Crippen LogP contribution is 2.15. The molecule has 3 nitrogen and oxygen atoms in total. The Kier molecular flexibility index (Phi) is 4.38. The first-order chi connectivity index (χ1) is 8.99. The largest absolute Gasteiger partial charge is 0.301 e. The number of likely N-dealkylation sites (N-methyl/N-ethyl adjacent to an activating group) is 1. The third-order valence-corrected chi connectivity index (χ3v) is 4.25. The van der Waals surface area contributed by atoms with Gasteiger partial charge in [0, 0.05) is 31.2 Å². The first-order valence-electron chi connectivity index (χ1n) is 7.04. The monoisotopic (exact) mass is 260 g/mol. The molecule has 0 bridgehead atoms. The van der Waals surface area contributed by atoms with Crippen molar-refractivity contribution < 1.29 is 4.79 Å². The van der Waals surface area contributed by atoms with Gasteiger partial charge < -0.3 is 4.90 Å². The molecule has 1 aromatic carbocycles. The van der Waals surface area contributed by atoms with Gasteiger partial charge in [-0.05, 0) is 27.8 Å². The fraction of sp³-hybridized carbons (Fsp3) is 0.562. The molecule has 0 aromatic heterocycles. The molecule has 1 aromatic rings. The first kappa shape index (κ1) is 14.2. The number of rotatable bonds is 3. The third kappa shape index (κ3) is 3.23. The van der Waals surface area contributed by atoms with E-state index in [4.69, 9.17) is 0 Å². The summed E-state index contributed by atoms with van der Waals surface area (Å²) in [5.74, 6) is 0.233. The molecule has 2 rings (SSSR count). The number of piperazine rings is 1. The number of carbonyl (C=O) groups is 1. The van der Waals surface area contributed by atoms with Crippen LogP contribution in [0.5, 0.6) is 0 Å². The molecule has 1 saturated heterocycles. The molecular weight excluding hydrogens is 236 g/mol. The van der Waals surface area contributed by atoms with Gasteiger partial charge in [-0.15, -0.1) is 0 Å². The fourth-order valence-electron chi connectivity index (χ4n) is 2.55. The van der Waals surface area contributed by atoms with Crippen LogP contribution in [-0.4, -0.2) is 54.3 Å². The summed E-state index contributed by atoms with van der Waals surface area (Å²) in [6, 6.07) is 8.38. The molecule has 1 aliphatic heterocycles. The highest BCUT2D eigenvalue weighted by Gasteiger charge is 2.28. The van der Waals surface area contributed by atoms with Gasteiger partial charge in [-0.1, -0.05) is 29.8 Å². The van der Waals surface area contributed by atoms with E-state index in [9.17, 15) is 4.79 Å². The zero-order valence-electron chi connectivity index (χ0n) is 12.4. The summed E-state index contributed by atoms with van der Waals surface area (Å²) >= 11 is 0. The summed E-state index contributed by atoms with van der Waals surface area (Å²) in [5.41, 5.74) is 2.02. The summed E-state index contributed by atoms with van der Waals surface area (Å²) in [7, 11) is 2.15. The van der Waals surface area contributed by atoms with Crippen molar-refractivity contribution in [3.05, 3.63) is 35.4 Å². The molecule has 0 amide bonds. The Bertz CT molecular complexity index is 441. The van der Waals surface area contributed by atoms with Crippen molar-refractivity contribution in [2.75, 3.05) is 26.7 Å². The molecule has 2 unspecified atom stereocenters. The Hall–Kier alpha value is -1.19. The lowest BCUT2D eigenvalue weighted by molar-refractivity contribution is 0.0603. The van der Waals surface area contributed by atoms with E-state index in [1.807, 2.05) is 38.1 Å². The Labute approximate surface area is 116 Å². The van der Waals surface area contributed by atoms with Crippen LogP contribution < -0.4 is 0 Å². The zero-order valence-corrected chi connectivity index (χ0v) is 12.4. The summed E-state index contributed by atoms with van der Waals surface area (Å²) < 4.78 is 0. The minimum atomic E-state index is -0.0288. The van der Waals surface area contributed by atoms with Crippen LogP contribution in [0.15, 0.2) is 24.3 Å². The van der Waals surface area contributed by atoms with Gasteiger partial charge in [-0.2, -0.15) is 0 Å². The second kappa shape index (κ2) is 5.85. The quantitative estimate of drug-likeness (QED) is 0.778. The maximum atomic E-state index is 12.5. The van der Waals surface area contributed by atoms with Gasteiger partial charge in [0.1, 0.15) is 0 Å². The Morgan fingerprint density at radius 2 is 1.89 bits per heavy atom. The lowest BCUT2D eigenvalue weighted by Gasteiger charge is -2.40. The molecule has 0 N–H and O–H groups in total. The lowest BCUT2D eigenvalue weighted by Crippen LogP contribution is -2.54. The minimum absolute atomic E-state index is 0.0288. The molecular formula is C16H24N2O. The summed E-state index contributed by atoms with van der Waals surface area (Å²) in [6.07, 6.45) is 0. The second-order valence-electron chi connectivity index (χ2n) is 5.73. The second-order valence-corrected chi connectivity index (χ2v) is 5.73. The van der Waals surface area contributed by atoms with Gasteiger partial charge in [-0.3, -0.25) is 9.69 Å². The van der Waals surface area contributed by atoms with Gasteiger partial charge in [0.15, 0.2) is 5.78 Å². The fourth-order valence-corrected chi connectivity index (χ4v) is 2.55. The molecule has 1 aliphatic rings. The van der Waals surface area contributed by atoms with Crippen molar-refractivity contribution >= 4 is 5.78 Å². The minimum Gasteiger partial charge on any atom is -0.301 e. The van der Waals surface area contributed by atoms with Crippen LogP contribution >= 0.6 is 0 Å². The van der Waals surface area contributed by atoms with Gasteiger partial charge in [0.25, 0.3) is 0 Å². The van der Waals surface area contributed by atoms with Crippen LogP contribution in [-0.2, 0) is 0 Å². The number of hydrogen-bond donors (Lipinski definition) is 0. The van der Waals surface area contributed by atoms with Crippen LogP contribution in [0.3, 0.4) is 0 Å². The lowest BCUT2D eigenvalue weighted by atomic mass is 10.0. The number of nitrogens with zero attached hydrogens (tertiary/aromatic N) is 2. The molecule has 2 atom stereocenters. The highest BCUT2D eigenvalue weighted by atomic mass is 16.1. The maximum absolute atomic E-state index is 12.5. The molecule has 0 spiro atoms. The molecule has 0 saturated carbocycles. The van der Waals surface area contributed by atoms with Crippen molar-refractivity contribution in [3.8, 4) is 0 Å². The first-order valence-corrected chi connectivity index (χ1v) is 7.04. The van der Waals surface area contributed by atoms with Gasteiger partial charge in [0.05, 0.1) is 6.04 Å². The van der Waals surface area contributed by atoms with Crippen molar-refractivity contribution in [2.24, 2.45) is 0 Å². The zero-order chi connectivity index (χ0) is 14.0. The Morgan fingerprint density at radius 3 is 2.47 bits per heavy atom. The molecule has 1 fully saturated rings. The average Bonchev–Trinajstić information content (AvgIpc) is 2.41. The SMILES string of the molecule is Cc1ccc(C(=O)C(C)N2CCN(C)C(C)C2)cc1. The van der Waals surface area contributed by atoms with E-state index in [-0.39, 0.29) is 11.8 Å². The van der Waals surface area contributed by atoms with Gasteiger partial charge in [0.2, 0.25) is 0 Å². The number of Topliss-reactive ketones (excluding diaryl/α,β-unsaturated/α-hetero) is 1. The van der Waals surface area contributed by atoms with Gasteiger partial charge in [-0.25, -0.2) is 0 Å². The number of benzene rings is 1. The number of ketones is 1. The third-order valence-electron chi connectivity index (χ3n) is 4.25. The van der Waals surface area contributed by atoms with E-state index in [1.165, 1.54) is 5.56 Å². The summed E-state index contributed by atoms with van der Waals surface area (Å²) in [5, 5.41) is 0. The maximum Gasteiger partial charge on any atom is 0.179 e. The van der Waals surface area contributed by atoms with E-state index in [0.717, 1.165) is 25.2 Å². The van der Waals surface area contributed by atoms with E-state index in [2.05, 4.69) is 23.8 Å². The van der Waals surface area contributed by atoms with Gasteiger partial charge >= 0.3 is 0 Å². The highest BCUT2D eigenvalue weighted by molar-refractivity contribution is 5.99. The Balaban J connectivity index is 2.05. The smallest absolute Gasteiger partial charge is 0.179 e. The molecule has 0 radical (unpaired) electrons. The molecule has 0 aliphatic carbocycles. The normalized spacial score (nSPS) is 23.3. The van der Waals surface area contributed by atoms with E-state index >= 15 is 0 Å². The van der Waals surface area contributed by atoms with Crippen molar-refractivity contribution in [1.29, 1.82) is 0 Å². The van der Waals surface area contributed by atoms with E-state index < -0.39 is 0 Å². The van der Waals surface area contributed by atoms with Crippen molar-refractivity contribution in [1.82, 2.24) is 9.80 Å².